The van der Waals surface area contributed by atoms with Crippen LogP contribution >= 0.6 is 0 Å². The molecule has 0 aliphatic carbocycles. The third-order valence-electron chi connectivity index (χ3n) is 2.62. The number of ether oxygens (including phenoxy) is 1. The fourth-order valence-corrected chi connectivity index (χ4v) is 1.83. The molecule has 0 aromatic carbocycles. The number of nitrogens with zero attached hydrogens (tertiary/aromatic N) is 1. The molecule has 2 N–H and O–H groups in total. The molecule has 0 aromatic heterocycles. The molecule has 0 saturated carbocycles. The van der Waals surface area contributed by atoms with Crippen LogP contribution < -0.4 is 5.32 Å². The number of aliphatic carboxylic acids is 1. The van der Waals surface area contributed by atoms with Gasteiger partial charge in [-0.25, -0.2) is 0 Å². The van der Waals surface area contributed by atoms with Crippen molar-refractivity contribution in [2.75, 3.05) is 33.4 Å². The Balaban J connectivity index is 2.30. The first-order valence-corrected chi connectivity index (χ1v) is 5.37. The van der Waals surface area contributed by atoms with E-state index in [2.05, 4.69) is 5.32 Å². The van der Waals surface area contributed by atoms with Crippen molar-refractivity contribution in [3.8, 4) is 0 Å². The number of carboxylic acid groups (broad SMARTS) is 1. The third-order valence-corrected chi connectivity index (χ3v) is 2.62. The Bertz CT molecular complexity index is 257. The summed E-state index contributed by atoms with van der Waals surface area (Å²) in [6.07, 6.45) is 1.46. The van der Waals surface area contributed by atoms with Crippen LogP contribution in [-0.4, -0.2) is 61.3 Å². The number of methoxy groups -OCH3 is 1. The van der Waals surface area contributed by atoms with Crippen molar-refractivity contribution in [1.29, 1.82) is 0 Å². The summed E-state index contributed by atoms with van der Waals surface area (Å²) in [6, 6.07) is -0.506. The average molecular weight is 230 g/mol. The van der Waals surface area contributed by atoms with Gasteiger partial charge < -0.3 is 15.2 Å². The Morgan fingerprint density at radius 3 is 2.94 bits per heavy atom. The first kappa shape index (κ1) is 12.9. The topological polar surface area (TPSA) is 78.9 Å². The summed E-state index contributed by atoms with van der Waals surface area (Å²) in [6.45, 7) is 1.75. The molecule has 1 rings (SSSR count). The fraction of sp³-hybridized carbons (Fsp3) is 0.800. The zero-order chi connectivity index (χ0) is 12.0. The average Bonchev–Trinajstić information content (AvgIpc) is 2.66. The number of rotatable bonds is 6. The van der Waals surface area contributed by atoms with Gasteiger partial charge in [-0.3, -0.25) is 14.5 Å². The van der Waals surface area contributed by atoms with E-state index in [1.165, 1.54) is 0 Å². The van der Waals surface area contributed by atoms with Gasteiger partial charge in [0, 0.05) is 13.7 Å². The quantitative estimate of drug-likeness (QED) is 0.590. The highest BCUT2D eigenvalue weighted by Gasteiger charge is 2.31. The van der Waals surface area contributed by atoms with Gasteiger partial charge >= 0.3 is 5.97 Å². The highest BCUT2D eigenvalue weighted by molar-refractivity contribution is 5.80. The van der Waals surface area contributed by atoms with Gasteiger partial charge in [0.15, 0.2) is 0 Å². The van der Waals surface area contributed by atoms with Crippen molar-refractivity contribution in [1.82, 2.24) is 10.2 Å². The van der Waals surface area contributed by atoms with Gasteiger partial charge in [0.2, 0.25) is 5.91 Å². The molecule has 1 aliphatic rings. The first-order chi connectivity index (χ1) is 7.65. The van der Waals surface area contributed by atoms with Gasteiger partial charge in [-0.15, -0.1) is 0 Å². The summed E-state index contributed by atoms with van der Waals surface area (Å²) in [7, 11) is 1.56. The van der Waals surface area contributed by atoms with Gasteiger partial charge in [0.25, 0.3) is 0 Å². The molecule has 0 aromatic rings. The number of hydrogen-bond acceptors (Lipinski definition) is 4. The predicted molar refractivity (Wildman–Crippen MR) is 57.1 cm³/mol. The van der Waals surface area contributed by atoms with Crippen LogP contribution in [0.2, 0.25) is 0 Å². The Kier molecular flexibility index (Phi) is 5.21. The van der Waals surface area contributed by atoms with Crippen LogP contribution in [0.15, 0.2) is 0 Å². The summed E-state index contributed by atoms with van der Waals surface area (Å²) in [5.41, 5.74) is 0. The van der Waals surface area contributed by atoms with Crippen LogP contribution in [0.3, 0.4) is 0 Å². The van der Waals surface area contributed by atoms with E-state index < -0.39 is 12.0 Å². The number of amides is 1. The predicted octanol–water partition coefficient (Wildman–Crippen LogP) is -0.702. The Morgan fingerprint density at radius 1 is 1.56 bits per heavy atom. The van der Waals surface area contributed by atoms with E-state index in [4.69, 9.17) is 9.84 Å². The van der Waals surface area contributed by atoms with Crippen LogP contribution in [0.25, 0.3) is 0 Å². The zero-order valence-corrected chi connectivity index (χ0v) is 9.44. The number of carboxylic acids is 1. The molecule has 0 radical (unpaired) electrons. The molecule has 6 heteroatoms. The van der Waals surface area contributed by atoms with Crippen molar-refractivity contribution in [3.05, 3.63) is 0 Å². The minimum absolute atomic E-state index is 0.148. The molecule has 1 fully saturated rings. The van der Waals surface area contributed by atoms with E-state index in [9.17, 15) is 9.59 Å². The zero-order valence-electron chi connectivity index (χ0n) is 9.44. The molecule has 92 valence electrons. The van der Waals surface area contributed by atoms with Gasteiger partial charge in [-0.1, -0.05) is 0 Å². The molecule has 1 aliphatic heterocycles. The highest BCUT2D eigenvalue weighted by atomic mass is 16.5. The number of carbonyl (C=O) groups excluding carboxylic acids is 1. The monoisotopic (exact) mass is 230 g/mol. The summed E-state index contributed by atoms with van der Waals surface area (Å²) in [4.78, 5) is 24.0. The molecule has 0 bridgehead atoms. The number of likely N-dealkylation sites (tertiary alicyclic amines) is 1. The van der Waals surface area contributed by atoms with E-state index in [0.29, 0.717) is 26.1 Å². The van der Waals surface area contributed by atoms with Crippen LogP contribution in [0.4, 0.5) is 0 Å². The van der Waals surface area contributed by atoms with Crippen molar-refractivity contribution in [3.63, 3.8) is 0 Å². The van der Waals surface area contributed by atoms with Gasteiger partial charge in [0.05, 0.1) is 13.2 Å². The minimum atomic E-state index is -0.845. The highest BCUT2D eigenvalue weighted by Crippen LogP contribution is 2.16. The maximum Gasteiger partial charge on any atom is 0.320 e. The van der Waals surface area contributed by atoms with Gasteiger partial charge in [-0.2, -0.15) is 0 Å². The number of carbonyl (C=O) groups is 2. The molecule has 6 nitrogen and oxygen atoms in total. The van der Waals surface area contributed by atoms with Crippen LogP contribution in [-0.2, 0) is 14.3 Å². The van der Waals surface area contributed by atoms with Crippen LogP contribution in [0.5, 0.6) is 0 Å². The summed E-state index contributed by atoms with van der Waals surface area (Å²) in [5, 5.41) is 11.6. The maximum atomic E-state index is 11.4. The van der Waals surface area contributed by atoms with Crippen molar-refractivity contribution < 1.29 is 19.4 Å². The van der Waals surface area contributed by atoms with E-state index in [-0.39, 0.29) is 12.5 Å². The standard InChI is InChI=1S/C10H18N2O4/c1-16-6-4-11-9(13)7-12-5-2-3-8(12)10(14)15/h8H,2-7H2,1H3,(H,11,13)(H,14,15). The lowest BCUT2D eigenvalue weighted by molar-refractivity contribution is -0.142. The Labute approximate surface area is 94.6 Å². The second kappa shape index (κ2) is 6.44. The molecule has 1 atom stereocenters. The lowest BCUT2D eigenvalue weighted by Crippen LogP contribution is -2.43. The first-order valence-electron chi connectivity index (χ1n) is 5.37. The Hall–Kier alpha value is -1.14. The van der Waals surface area contributed by atoms with Gasteiger partial charge in [-0.05, 0) is 19.4 Å². The molecule has 0 spiro atoms. The molecule has 1 amide bonds. The van der Waals surface area contributed by atoms with E-state index in [1.54, 1.807) is 12.0 Å². The summed E-state index contributed by atoms with van der Waals surface area (Å²) < 4.78 is 4.80. The largest absolute Gasteiger partial charge is 0.480 e. The van der Waals surface area contributed by atoms with Crippen molar-refractivity contribution in [2.24, 2.45) is 0 Å². The molecular weight excluding hydrogens is 212 g/mol. The van der Waals surface area contributed by atoms with E-state index in [0.717, 1.165) is 6.42 Å². The SMILES string of the molecule is COCCNC(=O)CN1CCCC1C(=O)O. The van der Waals surface area contributed by atoms with E-state index >= 15 is 0 Å². The van der Waals surface area contributed by atoms with Crippen LogP contribution in [0, 0.1) is 0 Å². The maximum absolute atomic E-state index is 11.4. The lowest BCUT2D eigenvalue weighted by atomic mass is 10.2. The summed E-state index contributed by atoms with van der Waals surface area (Å²) >= 11 is 0. The summed E-state index contributed by atoms with van der Waals surface area (Å²) in [5.74, 6) is -0.993. The molecule has 16 heavy (non-hydrogen) atoms. The normalized spacial score (nSPS) is 20.9. The molecule has 1 saturated heterocycles. The smallest absolute Gasteiger partial charge is 0.320 e. The molecule has 1 unspecified atom stereocenters. The molecule has 1 heterocycles. The van der Waals surface area contributed by atoms with Crippen LogP contribution in [0.1, 0.15) is 12.8 Å². The second-order valence-corrected chi connectivity index (χ2v) is 3.81. The number of hydrogen-bond donors (Lipinski definition) is 2. The third kappa shape index (κ3) is 3.79. The fourth-order valence-electron chi connectivity index (χ4n) is 1.83. The molecular formula is C10H18N2O4. The lowest BCUT2D eigenvalue weighted by Gasteiger charge is -2.20. The minimum Gasteiger partial charge on any atom is -0.480 e. The van der Waals surface area contributed by atoms with E-state index in [1.807, 2.05) is 0 Å². The van der Waals surface area contributed by atoms with Crippen molar-refractivity contribution in [2.45, 2.75) is 18.9 Å². The second-order valence-electron chi connectivity index (χ2n) is 3.81. The van der Waals surface area contributed by atoms with Gasteiger partial charge in [0.1, 0.15) is 6.04 Å². The van der Waals surface area contributed by atoms with Crippen molar-refractivity contribution >= 4 is 11.9 Å². The Morgan fingerprint density at radius 2 is 2.31 bits per heavy atom. The number of nitrogens with one attached hydrogen (secondary N) is 1.